The van der Waals surface area contributed by atoms with E-state index >= 15 is 0 Å². The fourth-order valence-electron chi connectivity index (χ4n) is 1.74. The molecular formula is C11H10F3N3O. The van der Waals surface area contributed by atoms with E-state index in [1.54, 1.807) is 18.2 Å². The summed E-state index contributed by atoms with van der Waals surface area (Å²) in [5, 5.41) is 1.61. The molecule has 0 radical (unpaired) electrons. The molecule has 1 aromatic rings. The molecule has 96 valence electrons. The Morgan fingerprint density at radius 1 is 1.22 bits per heavy atom. The van der Waals surface area contributed by atoms with Crippen LogP contribution in [0.1, 0.15) is 0 Å². The molecule has 1 aliphatic rings. The zero-order valence-electron chi connectivity index (χ0n) is 9.19. The normalized spacial score (nSPS) is 15.8. The number of hydrazine groups is 1. The molecule has 1 aromatic carbocycles. The van der Waals surface area contributed by atoms with Crippen LogP contribution >= 0.6 is 0 Å². The van der Waals surface area contributed by atoms with Crippen molar-refractivity contribution in [2.45, 2.75) is 6.18 Å². The zero-order valence-corrected chi connectivity index (χ0v) is 9.19. The Bertz CT molecular complexity index is 484. The summed E-state index contributed by atoms with van der Waals surface area (Å²) in [5.74, 6) is 0. The van der Waals surface area contributed by atoms with E-state index in [2.05, 4.69) is 0 Å². The summed E-state index contributed by atoms with van der Waals surface area (Å²) >= 11 is 0. The molecule has 2 rings (SSSR count). The fraction of sp³-hybridized carbons (Fsp3) is 0.182. The van der Waals surface area contributed by atoms with Gasteiger partial charge in [-0.1, -0.05) is 18.2 Å². The molecule has 0 aliphatic carbocycles. The number of allylic oxidation sites excluding steroid dienone is 1. The number of hydrogen-bond donors (Lipinski definition) is 1. The lowest BCUT2D eigenvalue weighted by molar-refractivity contribution is -0.0945. The van der Waals surface area contributed by atoms with E-state index in [1.165, 1.54) is 12.1 Å². The van der Waals surface area contributed by atoms with Crippen molar-refractivity contribution < 1.29 is 18.0 Å². The molecule has 2 amide bonds. The highest BCUT2D eigenvalue weighted by Gasteiger charge is 2.44. The average molecular weight is 257 g/mol. The van der Waals surface area contributed by atoms with Crippen molar-refractivity contribution in [1.82, 2.24) is 5.01 Å². The summed E-state index contributed by atoms with van der Waals surface area (Å²) in [7, 11) is 0. The van der Waals surface area contributed by atoms with Crippen LogP contribution in [-0.4, -0.2) is 23.8 Å². The highest BCUT2D eigenvalue weighted by atomic mass is 19.4. The maximum Gasteiger partial charge on any atom is 0.433 e. The first-order valence-corrected chi connectivity index (χ1v) is 5.10. The van der Waals surface area contributed by atoms with E-state index in [4.69, 9.17) is 5.73 Å². The summed E-state index contributed by atoms with van der Waals surface area (Å²) in [6.07, 6.45) is -3.61. The van der Waals surface area contributed by atoms with Crippen LogP contribution in [0.4, 0.5) is 23.7 Å². The number of nitrogens with two attached hydrogens (primary N) is 1. The van der Waals surface area contributed by atoms with E-state index in [-0.39, 0.29) is 12.2 Å². The van der Waals surface area contributed by atoms with Gasteiger partial charge in [-0.2, -0.15) is 13.2 Å². The Balaban J connectivity index is 2.43. The molecule has 1 aliphatic heterocycles. The maximum absolute atomic E-state index is 12.8. The minimum atomic E-state index is -4.54. The number of urea groups is 1. The summed E-state index contributed by atoms with van der Waals surface area (Å²) in [6, 6.07) is 6.85. The third-order valence-corrected chi connectivity index (χ3v) is 2.47. The number of halogens is 3. The van der Waals surface area contributed by atoms with Crippen LogP contribution in [0.2, 0.25) is 0 Å². The SMILES string of the molecule is NC(=O)N1CC=C(C(F)(F)F)N1c1ccccc1. The van der Waals surface area contributed by atoms with E-state index in [0.29, 0.717) is 0 Å². The molecule has 2 N–H and O–H groups in total. The number of nitrogens with zero attached hydrogens (tertiary/aromatic N) is 2. The molecule has 0 spiro atoms. The van der Waals surface area contributed by atoms with Crippen molar-refractivity contribution in [2.75, 3.05) is 11.6 Å². The number of anilines is 1. The van der Waals surface area contributed by atoms with E-state index in [9.17, 15) is 18.0 Å². The maximum atomic E-state index is 12.8. The number of hydrogen-bond acceptors (Lipinski definition) is 2. The molecule has 7 heteroatoms. The molecule has 0 fully saturated rings. The van der Waals surface area contributed by atoms with Gasteiger partial charge in [-0.3, -0.25) is 0 Å². The van der Waals surface area contributed by atoms with Gasteiger partial charge in [-0.25, -0.2) is 14.8 Å². The second-order valence-electron chi connectivity index (χ2n) is 3.65. The van der Waals surface area contributed by atoms with Crippen molar-refractivity contribution in [3.63, 3.8) is 0 Å². The van der Waals surface area contributed by atoms with Gasteiger partial charge in [-0.15, -0.1) is 0 Å². The highest BCUT2D eigenvalue weighted by molar-refractivity contribution is 5.77. The third-order valence-electron chi connectivity index (χ3n) is 2.47. The zero-order chi connectivity index (χ0) is 13.3. The molecule has 0 bridgehead atoms. The molecular weight excluding hydrogens is 247 g/mol. The number of rotatable bonds is 1. The molecule has 18 heavy (non-hydrogen) atoms. The van der Waals surface area contributed by atoms with Gasteiger partial charge < -0.3 is 5.73 Å². The lowest BCUT2D eigenvalue weighted by Gasteiger charge is -2.31. The van der Waals surface area contributed by atoms with Gasteiger partial charge in [0.05, 0.1) is 12.2 Å². The summed E-state index contributed by atoms with van der Waals surface area (Å²) < 4.78 is 38.5. The number of amides is 2. The third kappa shape index (κ3) is 2.11. The molecule has 0 saturated carbocycles. The predicted molar refractivity (Wildman–Crippen MR) is 59.3 cm³/mol. The van der Waals surface area contributed by atoms with E-state index < -0.39 is 17.9 Å². The number of benzene rings is 1. The van der Waals surface area contributed by atoms with Gasteiger partial charge in [0, 0.05) is 0 Å². The van der Waals surface area contributed by atoms with Crippen LogP contribution in [0.5, 0.6) is 0 Å². The average Bonchev–Trinajstić information content (AvgIpc) is 2.74. The Morgan fingerprint density at radius 2 is 1.83 bits per heavy atom. The van der Waals surface area contributed by atoms with E-state index in [0.717, 1.165) is 16.1 Å². The van der Waals surface area contributed by atoms with Crippen molar-refractivity contribution >= 4 is 11.7 Å². The van der Waals surface area contributed by atoms with Crippen molar-refractivity contribution in [2.24, 2.45) is 5.73 Å². The number of primary amides is 1. The molecule has 0 atom stereocenters. The Labute approximate surface area is 101 Å². The van der Waals surface area contributed by atoms with Gasteiger partial charge in [0.1, 0.15) is 5.70 Å². The Kier molecular flexibility index (Phi) is 2.90. The summed E-state index contributed by atoms with van der Waals surface area (Å²) in [4.78, 5) is 11.2. The standard InChI is InChI=1S/C11H10F3N3O/c12-11(13,14)9-6-7-16(10(15)18)17(9)8-4-2-1-3-5-8/h1-6H,7H2,(H2,15,18). The van der Waals surface area contributed by atoms with Gasteiger partial charge >= 0.3 is 12.2 Å². The first kappa shape index (κ1) is 12.3. The van der Waals surface area contributed by atoms with Crippen LogP contribution < -0.4 is 10.7 Å². The van der Waals surface area contributed by atoms with Crippen LogP contribution in [0.15, 0.2) is 42.1 Å². The highest BCUT2D eigenvalue weighted by Crippen LogP contribution is 2.36. The molecule has 4 nitrogen and oxygen atoms in total. The second kappa shape index (κ2) is 4.25. The topological polar surface area (TPSA) is 49.6 Å². The van der Waals surface area contributed by atoms with Crippen LogP contribution in [0, 0.1) is 0 Å². The smallest absolute Gasteiger partial charge is 0.350 e. The molecule has 0 unspecified atom stereocenters. The fourth-order valence-corrected chi connectivity index (χ4v) is 1.74. The van der Waals surface area contributed by atoms with Gasteiger partial charge in [-0.05, 0) is 18.2 Å². The first-order valence-electron chi connectivity index (χ1n) is 5.10. The van der Waals surface area contributed by atoms with E-state index in [1.807, 2.05) is 0 Å². The van der Waals surface area contributed by atoms with Gasteiger partial charge in [0.25, 0.3) is 0 Å². The Hall–Kier alpha value is -2.18. The predicted octanol–water partition coefficient (Wildman–Crippen LogP) is 2.25. The monoisotopic (exact) mass is 257 g/mol. The lowest BCUT2D eigenvalue weighted by Crippen LogP contribution is -2.47. The minimum absolute atomic E-state index is 0.195. The number of para-hydroxylation sites is 1. The van der Waals surface area contributed by atoms with Gasteiger partial charge in [0.15, 0.2) is 0 Å². The number of carbonyl (C=O) groups is 1. The van der Waals surface area contributed by atoms with Crippen LogP contribution in [0.3, 0.4) is 0 Å². The van der Waals surface area contributed by atoms with Gasteiger partial charge in [0.2, 0.25) is 0 Å². The van der Waals surface area contributed by atoms with Crippen molar-refractivity contribution in [3.8, 4) is 0 Å². The number of carbonyl (C=O) groups excluding carboxylic acids is 1. The first-order chi connectivity index (χ1) is 8.41. The largest absolute Gasteiger partial charge is 0.433 e. The Morgan fingerprint density at radius 3 is 2.33 bits per heavy atom. The number of alkyl halides is 3. The quantitative estimate of drug-likeness (QED) is 0.838. The second-order valence-corrected chi connectivity index (χ2v) is 3.65. The lowest BCUT2D eigenvalue weighted by atomic mass is 10.3. The minimum Gasteiger partial charge on any atom is -0.350 e. The van der Waals surface area contributed by atoms with Crippen molar-refractivity contribution in [3.05, 3.63) is 42.1 Å². The van der Waals surface area contributed by atoms with Crippen molar-refractivity contribution in [1.29, 1.82) is 0 Å². The van der Waals surface area contributed by atoms with Crippen LogP contribution in [0.25, 0.3) is 0 Å². The van der Waals surface area contributed by atoms with Crippen LogP contribution in [-0.2, 0) is 0 Å². The molecule has 1 heterocycles. The summed E-state index contributed by atoms with van der Waals surface area (Å²) in [5.41, 5.74) is 4.40. The molecule has 0 aromatic heterocycles. The molecule has 0 saturated heterocycles. The summed E-state index contributed by atoms with van der Waals surface area (Å²) in [6.45, 7) is -0.195.